The summed E-state index contributed by atoms with van der Waals surface area (Å²) >= 11 is -0.104. The van der Waals surface area contributed by atoms with E-state index in [4.69, 9.17) is 5.73 Å². The summed E-state index contributed by atoms with van der Waals surface area (Å²) in [5, 5.41) is 0. The second kappa shape index (κ2) is 6.65. The first-order chi connectivity index (χ1) is 6.43. The van der Waals surface area contributed by atoms with Crippen molar-refractivity contribution < 1.29 is 21.5 Å². The molecule has 0 atom stereocenters. The van der Waals surface area contributed by atoms with E-state index in [1.165, 1.54) is 11.8 Å². The van der Waals surface area contributed by atoms with E-state index in [-0.39, 0.29) is 21.5 Å². The molecule has 0 unspecified atom stereocenters. The first kappa shape index (κ1) is 10.2. The van der Waals surface area contributed by atoms with Gasteiger partial charge in [0.05, 0.1) is 0 Å². The van der Waals surface area contributed by atoms with E-state index < -0.39 is 0 Å². The van der Waals surface area contributed by atoms with Gasteiger partial charge in [0, 0.05) is 0 Å². The van der Waals surface area contributed by atoms with Gasteiger partial charge in [-0.2, -0.15) is 0 Å². The summed E-state index contributed by atoms with van der Waals surface area (Å²) in [7, 11) is 0. The first-order valence-electron chi connectivity index (χ1n) is 3.96. The quantitative estimate of drug-likeness (QED) is 0.419. The number of alkyl halides is 1. The van der Waals surface area contributed by atoms with Gasteiger partial charge in [-0.15, -0.1) is 0 Å². The number of nitrogens with zero attached hydrogens (tertiary/aromatic N) is 1. The van der Waals surface area contributed by atoms with E-state index in [0.717, 1.165) is 4.43 Å². The fourth-order valence-electron chi connectivity index (χ4n) is 0.793. The third kappa shape index (κ3) is 4.67. The van der Waals surface area contributed by atoms with E-state index in [1.54, 1.807) is 12.3 Å². The molecule has 70 valence electrons. The Morgan fingerprint density at radius 2 is 2.08 bits per heavy atom. The van der Waals surface area contributed by atoms with E-state index in [9.17, 15) is 0 Å². The second-order valence-corrected chi connectivity index (χ2v) is 4.37. The molecular weight excluding hydrogens is 275 g/mol. The van der Waals surface area contributed by atoms with Gasteiger partial charge in [0.15, 0.2) is 0 Å². The summed E-state index contributed by atoms with van der Waals surface area (Å²) in [6, 6.07) is 10.4. The fourth-order valence-corrected chi connectivity index (χ4v) is 2.31. The van der Waals surface area contributed by atoms with Gasteiger partial charge in [0.2, 0.25) is 0 Å². The average Bonchev–Trinajstić information content (AvgIpc) is 2.19. The van der Waals surface area contributed by atoms with Crippen LogP contribution in [-0.2, 0) is 4.43 Å². The molecule has 0 heterocycles. The summed E-state index contributed by atoms with van der Waals surface area (Å²) in [5.41, 5.74) is 6.53. The van der Waals surface area contributed by atoms with Crippen LogP contribution in [0.3, 0.4) is 0 Å². The predicted molar refractivity (Wildman–Crippen MR) is 52.0 cm³/mol. The van der Waals surface area contributed by atoms with Crippen LogP contribution >= 0.6 is 0 Å². The number of nitrogens with two attached hydrogens (primary N) is 1. The van der Waals surface area contributed by atoms with Gasteiger partial charge >= 0.3 is 89.2 Å². The van der Waals surface area contributed by atoms with Crippen LogP contribution in [0, 0.1) is 0 Å². The molecule has 2 nitrogen and oxygen atoms in total. The number of halogens is 1. The Kier molecular flexibility index (Phi) is 5.24. The van der Waals surface area contributed by atoms with Gasteiger partial charge in [-0.05, 0) is 0 Å². The van der Waals surface area contributed by atoms with Crippen molar-refractivity contribution in [2.75, 3.05) is 0 Å². The zero-order chi connectivity index (χ0) is 9.36. The molecule has 0 aliphatic heterocycles. The van der Waals surface area contributed by atoms with Gasteiger partial charge in [-0.25, -0.2) is 0 Å². The number of rotatable bonds is 4. The zero-order valence-corrected chi connectivity index (χ0v) is 9.39. The zero-order valence-electron chi connectivity index (χ0n) is 7.23. The molecule has 3 heteroatoms. The van der Waals surface area contributed by atoms with Crippen molar-refractivity contribution in [3.63, 3.8) is 0 Å². The standard InChI is InChI=1S/C10H12IN2/c12-7-4-8-13-11-9-10-5-2-1-3-6-10/h1-8H,9,12H2/q-1/b7-4-,13-8?. The Balaban J connectivity index is 2.28. The van der Waals surface area contributed by atoms with Gasteiger partial charge in [-0.1, -0.05) is 0 Å². The summed E-state index contributed by atoms with van der Waals surface area (Å²) in [5.74, 6) is 0. The third-order valence-corrected chi connectivity index (χ3v) is 3.32. The van der Waals surface area contributed by atoms with Crippen molar-refractivity contribution in [2.24, 2.45) is 8.94 Å². The molecule has 1 aromatic rings. The number of allylic oxidation sites excluding steroid dienone is 1. The van der Waals surface area contributed by atoms with E-state index in [2.05, 4.69) is 27.5 Å². The second-order valence-electron chi connectivity index (χ2n) is 2.37. The molecule has 0 spiro atoms. The molecule has 1 aromatic carbocycles. The van der Waals surface area contributed by atoms with Crippen LogP contribution in [0.4, 0.5) is 0 Å². The Morgan fingerprint density at radius 3 is 2.77 bits per heavy atom. The van der Waals surface area contributed by atoms with Crippen LogP contribution in [0.15, 0.2) is 45.8 Å². The van der Waals surface area contributed by atoms with E-state index in [0.29, 0.717) is 0 Å². The van der Waals surface area contributed by atoms with Crippen molar-refractivity contribution in [1.29, 1.82) is 0 Å². The summed E-state index contributed by atoms with van der Waals surface area (Å²) in [6.07, 6.45) is 5.02. The molecule has 0 saturated carbocycles. The van der Waals surface area contributed by atoms with Crippen molar-refractivity contribution >= 4 is 6.21 Å². The van der Waals surface area contributed by atoms with Gasteiger partial charge in [-0.3, -0.25) is 0 Å². The molecule has 13 heavy (non-hydrogen) atoms. The first-order valence-corrected chi connectivity index (χ1v) is 6.45. The molecule has 0 bridgehead atoms. The predicted octanol–water partition coefficient (Wildman–Crippen LogP) is -1.27. The SMILES string of the molecule is N/C=C\C=N[I-]Cc1ccccc1. The van der Waals surface area contributed by atoms with Crippen molar-refractivity contribution in [2.45, 2.75) is 4.43 Å². The van der Waals surface area contributed by atoms with E-state index in [1.807, 2.05) is 6.07 Å². The van der Waals surface area contributed by atoms with Crippen LogP contribution in [0.1, 0.15) is 5.56 Å². The monoisotopic (exact) mass is 287 g/mol. The number of hydrogen-bond acceptors (Lipinski definition) is 2. The Morgan fingerprint density at radius 1 is 1.31 bits per heavy atom. The fraction of sp³-hybridized carbons (Fsp3) is 0.100. The molecular formula is C10H12IN2-. The average molecular weight is 287 g/mol. The molecule has 0 aliphatic rings. The molecule has 0 radical (unpaired) electrons. The summed E-state index contributed by atoms with van der Waals surface area (Å²) < 4.78 is 5.37. The molecule has 0 aromatic heterocycles. The van der Waals surface area contributed by atoms with Gasteiger partial charge in [0.1, 0.15) is 0 Å². The maximum absolute atomic E-state index is 5.16. The number of benzene rings is 1. The topological polar surface area (TPSA) is 38.4 Å². The molecule has 1 rings (SSSR count). The minimum absolute atomic E-state index is 0.104. The minimum atomic E-state index is -0.104. The van der Waals surface area contributed by atoms with Crippen molar-refractivity contribution in [3.05, 3.63) is 48.2 Å². The van der Waals surface area contributed by atoms with Gasteiger partial charge in [0.25, 0.3) is 0 Å². The van der Waals surface area contributed by atoms with Crippen molar-refractivity contribution in [1.82, 2.24) is 0 Å². The van der Waals surface area contributed by atoms with Crippen molar-refractivity contribution in [3.8, 4) is 0 Å². The van der Waals surface area contributed by atoms with Crippen LogP contribution in [0.5, 0.6) is 0 Å². The molecule has 0 aliphatic carbocycles. The normalized spacial score (nSPS) is 11.7. The molecule has 0 amide bonds. The van der Waals surface area contributed by atoms with Crippen LogP contribution < -0.4 is 27.2 Å². The van der Waals surface area contributed by atoms with Crippen LogP contribution in [-0.4, -0.2) is 6.21 Å². The van der Waals surface area contributed by atoms with Crippen LogP contribution in [0.2, 0.25) is 0 Å². The number of hydrogen-bond donors (Lipinski definition) is 1. The van der Waals surface area contributed by atoms with Crippen LogP contribution in [0.25, 0.3) is 0 Å². The maximum atomic E-state index is 5.16. The van der Waals surface area contributed by atoms with Gasteiger partial charge < -0.3 is 0 Å². The molecule has 0 saturated heterocycles. The summed E-state index contributed by atoms with van der Waals surface area (Å²) in [6.45, 7) is 0. The molecule has 0 fully saturated rings. The Labute approximate surface area is 89.2 Å². The van der Waals surface area contributed by atoms with E-state index >= 15 is 0 Å². The molecule has 2 N–H and O–H groups in total. The Hall–Kier alpha value is -0.840. The third-order valence-electron chi connectivity index (χ3n) is 1.38. The Bertz CT molecular complexity index is 280. The summed E-state index contributed by atoms with van der Waals surface area (Å²) in [4.78, 5) is 0.